The minimum Gasteiger partial charge on any atom is -0.477 e. The predicted molar refractivity (Wildman–Crippen MR) is 99.8 cm³/mol. The number of hydrogen-bond acceptors (Lipinski definition) is 1. The average Bonchev–Trinajstić information content (AvgIpc) is 2.98. The predicted octanol–water partition coefficient (Wildman–Crippen LogP) is 5.19. The second-order valence-electron chi connectivity index (χ2n) is 6.10. The van der Waals surface area contributed by atoms with E-state index in [-0.39, 0.29) is 5.69 Å². The Kier molecular flexibility index (Phi) is 4.01. The number of benzene rings is 3. The van der Waals surface area contributed by atoms with Crippen molar-refractivity contribution in [2.24, 2.45) is 0 Å². The van der Waals surface area contributed by atoms with Crippen LogP contribution in [0.15, 0.2) is 78.9 Å². The molecule has 0 atom stereocenters. The van der Waals surface area contributed by atoms with Gasteiger partial charge in [0.2, 0.25) is 0 Å². The van der Waals surface area contributed by atoms with E-state index < -0.39 is 11.8 Å². The van der Waals surface area contributed by atoms with Gasteiger partial charge in [0.05, 0.1) is 0 Å². The molecule has 0 aliphatic rings. The summed E-state index contributed by atoms with van der Waals surface area (Å²) in [6, 6.07) is 23.3. The van der Waals surface area contributed by atoms with E-state index >= 15 is 0 Å². The molecule has 1 N–H and O–H groups in total. The second kappa shape index (κ2) is 6.48. The van der Waals surface area contributed by atoms with Gasteiger partial charge in [0.25, 0.3) is 0 Å². The van der Waals surface area contributed by atoms with Gasteiger partial charge in [0, 0.05) is 28.6 Å². The van der Waals surface area contributed by atoms with Crippen molar-refractivity contribution in [3.05, 3.63) is 95.9 Å². The first kappa shape index (κ1) is 16.1. The lowest BCUT2D eigenvalue weighted by molar-refractivity contribution is 0.0687. The number of carboxylic acid groups (broad SMARTS) is 1. The van der Waals surface area contributed by atoms with E-state index in [1.807, 2.05) is 54.6 Å². The molecule has 0 amide bonds. The van der Waals surface area contributed by atoms with Gasteiger partial charge in [-0.1, -0.05) is 66.7 Å². The number of hydrogen-bond donors (Lipinski definition) is 1. The molecule has 26 heavy (non-hydrogen) atoms. The summed E-state index contributed by atoms with van der Waals surface area (Å²) in [4.78, 5) is 12.1. The topological polar surface area (TPSA) is 42.2 Å². The van der Waals surface area contributed by atoms with Crippen LogP contribution in [0.5, 0.6) is 0 Å². The largest absolute Gasteiger partial charge is 0.477 e. The lowest BCUT2D eigenvalue weighted by Crippen LogP contribution is -2.10. The summed E-state index contributed by atoms with van der Waals surface area (Å²) in [6.45, 7) is 0.400. The van der Waals surface area contributed by atoms with Gasteiger partial charge >= 0.3 is 5.97 Å². The van der Waals surface area contributed by atoms with Crippen LogP contribution in [-0.4, -0.2) is 15.6 Å². The molecule has 1 heterocycles. The molecule has 4 rings (SSSR count). The van der Waals surface area contributed by atoms with Crippen molar-refractivity contribution in [3.63, 3.8) is 0 Å². The molecule has 3 nitrogen and oxygen atoms in total. The van der Waals surface area contributed by atoms with Crippen molar-refractivity contribution in [1.82, 2.24) is 4.57 Å². The normalized spacial score (nSPS) is 11.0. The molecule has 0 spiro atoms. The smallest absolute Gasteiger partial charge is 0.353 e. The Bertz CT molecular complexity index is 1100. The lowest BCUT2D eigenvalue weighted by atomic mass is 10.0. The lowest BCUT2D eigenvalue weighted by Gasteiger charge is -2.10. The number of aromatic nitrogens is 1. The third kappa shape index (κ3) is 2.65. The maximum Gasteiger partial charge on any atom is 0.353 e. The SMILES string of the molecule is O=C(O)c1c(-c2ccccc2F)c2ccccc2n1Cc1ccccc1. The highest BCUT2D eigenvalue weighted by Crippen LogP contribution is 2.36. The third-order valence-electron chi connectivity index (χ3n) is 4.50. The maximum absolute atomic E-state index is 14.5. The van der Waals surface area contributed by atoms with Gasteiger partial charge < -0.3 is 9.67 Å². The van der Waals surface area contributed by atoms with Crippen LogP contribution in [0.3, 0.4) is 0 Å². The summed E-state index contributed by atoms with van der Waals surface area (Å²) in [5, 5.41) is 10.7. The van der Waals surface area contributed by atoms with Crippen LogP contribution in [0, 0.1) is 5.82 Å². The van der Waals surface area contributed by atoms with Crippen molar-refractivity contribution < 1.29 is 14.3 Å². The van der Waals surface area contributed by atoms with E-state index in [4.69, 9.17) is 0 Å². The highest BCUT2D eigenvalue weighted by molar-refractivity contribution is 6.08. The van der Waals surface area contributed by atoms with Crippen molar-refractivity contribution in [3.8, 4) is 11.1 Å². The molecule has 0 saturated heterocycles. The van der Waals surface area contributed by atoms with Gasteiger partial charge in [-0.25, -0.2) is 9.18 Å². The van der Waals surface area contributed by atoms with Gasteiger partial charge in [-0.2, -0.15) is 0 Å². The first-order valence-corrected chi connectivity index (χ1v) is 8.30. The maximum atomic E-state index is 14.5. The number of carboxylic acids is 1. The summed E-state index contributed by atoms with van der Waals surface area (Å²) < 4.78 is 16.2. The molecule has 3 aromatic carbocycles. The molecule has 0 saturated carbocycles. The second-order valence-corrected chi connectivity index (χ2v) is 6.10. The van der Waals surface area contributed by atoms with Gasteiger partial charge in [0.15, 0.2) is 0 Å². The molecular weight excluding hydrogens is 329 g/mol. The molecular formula is C22H16FNO2. The van der Waals surface area contributed by atoms with Crippen molar-refractivity contribution >= 4 is 16.9 Å². The van der Waals surface area contributed by atoms with E-state index in [2.05, 4.69) is 0 Å². The first-order chi connectivity index (χ1) is 12.7. The van der Waals surface area contributed by atoms with Crippen LogP contribution in [0.4, 0.5) is 4.39 Å². The van der Waals surface area contributed by atoms with Gasteiger partial charge in [-0.3, -0.25) is 0 Å². The molecule has 0 aliphatic heterocycles. The zero-order valence-electron chi connectivity index (χ0n) is 13.9. The molecule has 4 heteroatoms. The quantitative estimate of drug-likeness (QED) is 0.553. The standard InChI is InChI=1S/C22H16FNO2/c23-18-12-6-4-10-16(18)20-17-11-5-7-13-19(17)24(21(20)22(25)26)14-15-8-2-1-3-9-15/h1-13H,14H2,(H,25,26). The minimum absolute atomic E-state index is 0.0974. The van der Waals surface area contributed by atoms with Crippen LogP contribution >= 0.6 is 0 Å². The number of fused-ring (bicyclic) bond motifs is 1. The molecule has 0 fully saturated rings. The van der Waals surface area contributed by atoms with Crippen LogP contribution in [0.2, 0.25) is 0 Å². The summed E-state index contributed by atoms with van der Waals surface area (Å²) in [5.74, 6) is -1.51. The van der Waals surface area contributed by atoms with Crippen LogP contribution in [0.25, 0.3) is 22.0 Å². The number of aromatic carboxylic acids is 1. The molecule has 0 bridgehead atoms. The Labute approximate surface area is 149 Å². The average molecular weight is 345 g/mol. The van der Waals surface area contributed by atoms with E-state index in [0.29, 0.717) is 17.7 Å². The molecule has 0 unspecified atom stereocenters. The van der Waals surface area contributed by atoms with E-state index in [9.17, 15) is 14.3 Å². The summed E-state index contributed by atoms with van der Waals surface area (Å²) in [5.41, 5.74) is 2.57. The Morgan fingerprint density at radius 1 is 0.885 bits per heavy atom. The number of carbonyl (C=O) groups is 1. The van der Waals surface area contributed by atoms with Gasteiger partial charge in [-0.05, 0) is 17.7 Å². The molecule has 0 radical (unpaired) electrons. The van der Waals surface area contributed by atoms with E-state index in [1.165, 1.54) is 6.07 Å². The Morgan fingerprint density at radius 2 is 1.54 bits per heavy atom. The number of para-hydroxylation sites is 1. The molecule has 1 aromatic heterocycles. The van der Waals surface area contributed by atoms with E-state index in [1.54, 1.807) is 22.8 Å². The van der Waals surface area contributed by atoms with Crippen molar-refractivity contribution in [2.45, 2.75) is 6.54 Å². The Hall–Kier alpha value is -3.40. The van der Waals surface area contributed by atoms with Crippen LogP contribution in [-0.2, 0) is 6.54 Å². The molecule has 128 valence electrons. The number of rotatable bonds is 4. The van der Waals surface area contributed by atoms with Crippen molar-refractivity contribution in [1.29, 1.82) is 0 Å². The van der Waals surface area contributed by atoms with Crippen LogP contribution in [0.1, 0.15) is 16.1 Å². The third-order valence-corrected chi connectivity index (χ3v) is 4.50. The monoisotopic (exact) mass is 345 g/mol. The zero-order valence-corrected chi connectivity index (χ0v) is 13.9. The first-order valence-electron chi connectivity index (χ1n) is 8.30. The van der Waals surface area contributed by atoms with Gasteiger partial charge in [-0.15, -0.1) is 0 Å². The highest BCUT2D eigenvalue weighted by Gasteiger charge is 2.24. The Balaban J connectivity index is 2.05. The van der Waals surface area contributed by atoms with E-state index in [0.717, 1.165) is 16.5 Å². The fourth-order valence-corrected chi connectivity index (χ4v) is 3.39. The summed E-state index contributed by atoms with van der Waals surface area (Å²) in [6.07, 6.45) is 0. The fraction of sp³-hybridized carbons (Fsp3) is 0.0455. The summed E-state index contributed by atoms with van der Waals surface area (Å²) in [7, 11) is 0. The fourth-order valence-electron chi connectivity index (χ4n) is 3.39. The molecule has 0 aliphatic carbocycles. The number of halogens is 1. The van der Waals surface area contributed by atoms with Gasteiger partial charge in [0.1, 0.15) is 11.5 Å². The molecule has 4 aromatic rings. The summed E-state index contributed by atoms with van der Waals surface area (Å²) >= 11 is 0. The Morgan fingerprint density at radius 3 is 2.27 bits per heavy atom. The van der Waals surface area contributed by atoms with Crippen molar-refractivity contribution in [2.75, 3.05) is 0 Å². The van der Waals surface area contributed by atoms with Crippen LogP contribution < -0.4 is 0 Å². The zero-order chi connectivity index (χ0) is 18.1. The minimum atomic E-state index is -1.07. The highest BCUT2D eigenvalue weighted by atomic mass is 19.1. The number of nitrogens with zero attached hydrogens (tertiary/aromatic N) is 1.